The molecule has 2 amide bonds. The number of halogens is 1. The maximum Gasteiger partial charge on any atom is 0.327 e. The van der Waals surface area contributed by atoms with E-state index in [0.29, 0.717) is 43.6 Å². The SMILES string of the molecule is CC(NNCCc1ncc(N2CC(=C3CC3)NC2=O)[nH]1)c1ccc(F)c(OCC2CC2)c1. The van der Waals surface area contributed by atoms with Gasteiger partial charge in [0.05, 0.1) is 19.3 Å². The van der Waals surface area contributed by atoms with Crippen molar-refractivity contribution in [1.82, 2.24) is 26.1 Å². The highest BCUT2D eigenvalue weighted by atomic mass is 19.1. The number of urea groups is 1. The zero-order chi connectivity index (χ0) is 22.1. The first-order chi connectivity index (χ1) is 15.6. The Bertz CT molecular complexity index is 1030. The van der Waals surface area contributed by atoms with Crippen molar-refractivity contribution in [3.05, 3.63) is 52.9 Å². The third kappa shape index (κ3) is 4.94. The van der Waals surface area contributed by atoms with Crippen molar-refractivity contribution in [3.63, 3.8) is 0 Å². The number of hydrazine groups is 1. The van der Waals surface area contributed by atoms with Crippen LogP contribution in [0.2, 0.25) is 0 Å². The summed E-state index contributed by atoms with van der Waals surface area (Å²) in [6.07, 6.45) is 6.88. The molecule has 32 heavy (non-hydrogen) atoms. The summed E-state index contributed by atoms with van der Waals surface area (Å²) in [6, 6.07) is 4.86. The van der Waals surface area contributed by atoms with Gasteiger partial charge in [-0.25, -0.2) is 14.2 Å². The second kappa shape index (κ2) is 8.91. The number of nitrogens with zero attached hydrogens (tertiary/aromatic N) is 2. The van der Waals surface area contributed by atoms with Gasteiger partial charge in [-0.15, -0.1) is 0 Å². The Balaban J connectivity index is 1.08. The molecule has 1 aromatic heterocycles. The Morgan fingerprint density at radius 1 is 1.34 bits per heavy atom. The molecule has 4 N–H and O–H groups in total. The average molecular weight is 441 g/mol. The predicted octanol–water partition coefficient (Wildman–Crippen LogP) is 3.31. The van der Waals surface area contributed by atoms with Crippen LogP contribution in [0.4, 0.5) is 15.0 Å². The molecular formula is C23H29FN6O2. The van der Waals surface area contributed by atoms with Crippen molar-refractivity contribution >= 4 is 11.8 Å². The van der Waals surface area contributed by atoms with Crippen LogP contribution in [0.5, 0.6) is 5.75 Å². The molecule has 3 aliphatic rings. The number of amides is 2. The van der Waals surface area contributed by atoms with E-state index in [-0.39, 0.29) is 17.9 Å². The summed E-state index contributed by atoms with van der Waals surface area (Å²) < 4.78 is 19.6. The van der Waals surface area contributed by atoms with Crippen LogP contribution in [0.15, 0.2) is 35.7 Å². The van der Waals surface area contributed by atoms with Crippen LogP contribution in [-0.2, 0) is 6.42 Å². The standard InChI is InChI=1S/C23H29FN6O2/c1-14(17-6-7-18(24)20(10-17)32-13-15-2-3-15)29-26-9-8-21-25-11-22(28-21)30-12-19(16-4-5-16)27-23(30)31/h6-7,10-11,14-15,26,29H,2-5,8-9,12-13H2,1H3,(H,25,28)(H,27,31). The molecule has 0 bridgehead atoms. The van der Waals surface area contributed by atoms with Crippen LogP contribution in [0.25, 0.3) is 0 Å². The van der Waals surface area contributed by atoms with E-state index in [1.807, 2.05) is 6.92 Å². The van der Waals surface area contributed by atoms with Gasteiger partial charge in [0.25, 0.3) is 0 Å². The van der Waals surface area contributed by atoms with E-state index < -0.39 is 0 Å². The minimum Gasteiger partial charge on any atom is -0.490 e. The van der Waals surface area contributed by atoms with Crippen molar-refractivity contribution in [2.45, 2.75) is 45.1 Å². The number of rotatable bonds is 10. The highest BCUT2D eigenvalue weighted by Gasteiger charge is 2.31. The van der Waals surface area contributed by atoms with Gasteiger partial charge < -0.3 is 15.0 Å². The second-order valence-corrected chi connectivity index (χ2v) is 8.80. The number of nitrogens with one attached hydrogen (secondary N) is 4. The highest BCUT2D eigenvalue weighted by Crippen LogP contribution is 2.33. The minimum atomic E-state index is -0.324. The third-order valence-electron chi connectivity index (χ3n) is 6.08. The van der Waals surface area contributed by atoms with Crippen molar-refractivity contribution in [1.29, 1.82) is 0 Å². The topological polar surface area (TPSA) is 94.3 Å². The summed E-state index contributed by atoms with van der Waals surface area (Å²) >= 11 is 0. The van der Waals surface area contributed by atoms with Crippen molar-refractivity contribution in [2.24, 2.45) is 5.92 Å². The molecule has 3 fully saturated rings. The Kier molecular flexibility index (Phi) is 5.84. The first-order valence-corrected chi connectivity index (χ1v) is 11.3. The molecule has 0 radical (unpaired) electrons. The number of aromatic nitrogens is 2. The quantitative estimate of drug-likeness (QED) is 0.336. The molecule has 1 aromatic carbocycles. The van der Waals surface area contributed by atoms with Crippen molar-refractivity contribution in [2.75, 3.05) is 24.6 Å². The smallest absolute Gasteiger partial charge is 0.327 e. The number of carbonyl (C=O) groups is 1. The first-order valence-electron chi connectivity index (χ1n) is 11.3. The third-order valence-corrected chi connectivity index (χ3v) is 6.08. The molecule has 2 aliphatic carbocycles. The van der Waals surface area contributed by atoms with Gasteiger partial charge in [-0.2, -0.15) is 0 Å². The van der Waals surface area contributed by atoms with E-state index >= 15 is 0 Å². The van der Waals surface area contributed by atoms with E-state index in [9.17, 15) is 9.18 Å². The molecule has 0 spiro atoms. The molecule has 2 aromatic rings. The van der Waals surface area contributed by atoms with Crippen molar-refractivity contribution in [3.8, 4) is 5.75 Å². The fraction of sp³-hybridized carbons (Fsp3) is 0.478. The normalized spacial score (nSPS) is 18.8. The number of hydrogen-bond donors (Lipinski definition) is 4. The van der Waals surface area contributed by atoms with Gasteiger partial charge in [0, 0.05) is 24.7 Å². The Hall–Kier alpha value is -2.91. The monoisotopic (exact) mass is 440 g/mol. The van der Waals surface area contributed by atoms with Gasteiger partial charge in [0.1, 0.15) is 11.6 Å². The maximum atomic E-state index is 14.0. The van der Waals surface area contributed by atoms with Crippen LogP contribution >= 0.6 is 0 Å². The number of H-pyrrole nitrogens is 1. The number of aromatic amines is 1. The summed E-state index contributed by atoms with van der Waals surface area (Å²) in [7, 11) is 0. The molecule has 170 valence electrons. The number of imidazole rings is 1. The Morgan fingerprint density at radius 3 is 2.97 bits per heavy atom. The zero-order valence-corrected chi connectivity index (χ0v) is 18.2. The molecule has 1 atom stereocenters. The summed E-state index contributed by atoms with van der Waals surface area (Å²) in [5.74, 6) is 2.09. The van der Waals surface area contributed by atoms with Gasteiger partial charge in [-0.3, -0.25) is 15.8 Å². The lowest BCUT2D eigenvalue weighted by molar-refractivity contribution is 0.252. The van der Waals surface area contributed by atoms with Crippen LogP contribution in [0.3, 0.4) is 0 Å². The van der Waals surface area contributed by atoms with Crippen LogP contribution in [-0.4, -0.2) is 35.7 Å². The van der Waals surface area contributed by atoms with E-state index in [4.69, 9.17) is 4.74 Å². The fourth-order valence-corrected chi connectivity index (χ4v) is 3.72. The maximum absolute atomic E-state index is 14.0. The summed E-state index contributed by atoms with van der Waals surface area (Å²) in [4.78, 5) is 21.5. The lowest BCUT2D eigenvalue weighted by Crippen LogP contribution is -2.35. The number of benzene rings is 1. The number of hydrogen-bond acceptors (Lipinski definition) is 5. The number of anilines is 1. The Morgan fingerprint density at radius 2 is 2.19 bits per heavy atom. The number of carbonyl (C=O) groups excluding carboxylic acids is 1. The summed E-state index contributed by atoms with van der Waals surface area (Å²) in [6.45, 7) is 3.82. The number of allylic oxidation sites excluding steroid dienone is 1. The lowest BCUT2D eigenvalue weighted by atomic mass is 10.1. The average Bonchev–Trinajstić information content (AvgIpc) is 3.71. The molecule has 1 aliphatic heterocycles. The van der Waals surface area contributed by atoms with Crippen LogP contribution < -0.4 is 25.8 Å². The zero-order valence-electron chi connectivity index (χ0n) is 18.2. The van der Waals surface area contributed by atoms with E-state index in [1.54, 1.807) is 23.2 Å². The van der Waals surface area contributed by atoms with Gasteiger partial charge in [0.15, 0.2) is 11.6 Å². The molecule has 8 nitrogen and oxygen atoms in total. The first kappa shape index (κ1) is 21.0. The van der Waals surface area contributed by atoms with E-state index in [0.717, 1.165) is 29.9 Å². The molecule has 2 saturated carbocycles. The van der Waals surface area contributed by atoms with Gasteiger partial charge in [0.2, 0.25) is 0 Å². The van der Waals surface area contributed by atoms with Crippen molar-refractivity contribution < 1.29 is 13.9 Å². The second-order valence-electron chi connectivity index (χ2n) is 8.80. The molecule has 5 rings (SSSR count). The summed E-state index contributed by atoms with van der Waals surface area (Å²) in [5, 5.41) is 2.94. The molecule has 1 unspecified atom stereocenters. The van der Waals surface area contributed by atoms with Crippen LogP contribution in [0.1, 0.15) is 50.0 Å². The predicted molar refractivity (Wildman–Crippen MR) is 119 cm³/mol. The Labute approximate surface area is 186 Å². The van der Waals surface area contributed by atoms with Gasteiger partial charge >= 0.3 is 6.03 Å². The van der Waals surface area contributed by atoms with Crippen LogP contribution in [0, 0.1) is 11.7 Å². The largest absolute Gasteiger partial charge is 0.490 e. The minimum absolute atomic E-state index is 0.0202. The van der Waals surface area contributed by atoms with E-state index in [2.05, 4.69) is 26.1 Å². The highest BCUT2D eigenvalue weighted by molar-refractivity contribution is 5.95. The summed E-state index contributed by atoms with van der Waals surface area (Å²) in [5.41, 5.74) is 9.76. The van der Waals surface area contributed by atoms with Gasteiger partial charge in [-0.05, 0) is 61.8 Å². The van der Waals surface area contributed by atoms with Gasteiger partial charge in [-0.1, -0.05) is 6.07 Å². The molecule has 2 heterocycles. The fourth-order valence-electron chi connectivity index (χ4n) is 3.72. The lowest BCUT2D eigenvalue weighted by Gasteiger charge is -2.16. The van der Waals surface area contributed by atoms with E-state index in [1.165, 1.54) is 24.5 Å². The molecular weight excluding hydrogens is 411 g/mol. The molecule has 1 saturated heterocycles. The molecule has 9 heteroatoms. The number of ether oxygens (including phenoxy) is 1.